The quantitative estimate of drug-likeness (QED) is 0.360. The van der Waals surface area contributed by atoms with E-state index in [0.717, 1.165) is 30.6 Å². The van der Waals surface area contributed by atoms with Crippen LogP contribution in [0.4, 0.5) is 14.5 Å². The summed E-state index contributed by atoms with van der Waals surface area (Å²) in [5.74, 6) is -0.414. The van der Waals surface area contributed by atoms with Gasteiger partial charge in [0.25, 0.3) is 0 Å². The van der Waals surface area contributed by atoms with Crippen molar-refractivity contribution in [2.75, 3.05) is 38.3 Å². The van der Waals surface area contributed by atoms with Gasteiger partial charge in [0, 0.05) is 76.4 Å². The first kappa shape index (κ1) is 29.1. The van der Waals surface area contributed by atoms with Crippen molar-refractivity contribution in [1.82, 2.24) is 24.5 Å². The number of ether oxygens (including phenoxy) is 1. The summed E-state index contributed by atoms with van der Waals surface area (Å²) in [6.07, 6.45) is 7.14. The summed E-state index contributed by atoms with van der Waals surface area (Å²) in [6, 6.07) is 7.94. The molecule has 2 aliphatic heterocycles. The Morgan fingerprint density at radius 2 is 1.86 bits per heavy atom. The minimum Gasteiger partial charge on any atom is -0.381 e. The summed E-state index contributed by atoms with van der Waals surface area (Å²) in [4.78, 5) is 25.0. The number of rotatable bonds is 6. The first-order valence-corrected chi connectivity index (χ1v) is 14.8. The second-order valence-electron chi connectivity index (χ2n) is 11.8. The van der Waals surface area contributed by atoms with Gasteiger partial charge in [0.2, 0.25) is 5.91 Å². The molecule has 2 fully saturated rings. The highest BCUT2D eigenvalue weighted by atomic mass is 19.1. The maximum Gasteiger partial charge on any atom is 0.219 e. The number of aromatic nitrogens is 4. The van der Waals surface area contributed by atoms with Gasteiger partial charge in [-0.05, 0) is 60.6 Å². The molecule has 0 unspecified atom stereocenters. The van der Waals surface area contributed by atoms with Crippen LogP contribution in [-0.4, -0.2) is 75.8 Å². The molecule has 9 nitrogen and oxygen atoms in total. The molecular weight excluding hydrogens is 552 g/mol. The zero-order valence-electron chi connectivity index (χ0n) is 24.7. The molecule has 2 aliphatic rings. The van der Waals surface area contributed by atoms with Crippen molar-refractivity contribution in [2.24, 2.45) is 11.7 Å². The summed E-state index contributed by atoms with van der Waals surface area (Å²) in [6.45, 7) is 6.16. The fourth-order valence-electron chi connectivity index (χ4n) is 6.72. The van der Waals surface area contributed by atoms with Crippen LogP contribution in [0.25, 0.3) is 16.8 Å². The molecule has 43 heavy (non-hydrogen) atoms. The van der Waals surface area contributed by atoms with Crippen LogP contribution >= 0.6 is 0 Å². The van der Waals surface area contributed by atoms with Gasteiger partial charge in [-0.2, -0.15) is 5.10 Å². The first-order valence-electron chi connectivity index (χ1n) is 14.8. The number of benzene rings is 1. The van der Waals surface area contributed by atoms with Crippen LogP contribution < -0.4 is 10.6 Å². The zero-order chi connectivity index (χ0) is 30.2. The Kier molecular flexibility index (Phi) is 8.11. The number of carbonyl (C=O) groups is 1. The standard InChI is InChI=1S/C32H37F2N7O2/c1-19-17-40(18-27(35)32(19)39(3)20(2)42)29-6-9-36-15-23(29)14-30-37-16-24-4-5-28(38-41(24)30)31-25(33)12-22(13-26(31)34)21-7-10-43-11-8-21/h4-6,9,12-13,15-16,19,21,27,32H,7-8,10-11,14,17-18,35H2,1-3H3/t19-,27+,32-/m0/s1. The molecule has 11 heteroatoms. The summed E-state index contributed by atoms with van der Waals surface area (Å²) >= 11 is 0. The molecule has 1 aromatic carbocycles. The lowest BCUT2D eigenvalue weighted by molar-refractivity contribution is -0.131. The third kappa shape index (κ3) is 5.71. The van der Waals surface area contributed by atoms with Gasteiger partial charge in [0.15, 0.2) is 0 Å². The number of pyridine rings is 1. The number of hydrogen-bond donors (Lipinski definition) is 1. The van der Waals surface area contributed by atoms with Crippen LogP contribution in [0, 0.1) is 17.6 Å². The normalized spacial score (nSPS) is 21.3. The van der Waals surface area contributed by atoms with E-state index in [2.05, 4.69) is 26.9 Å². The van der Waals surface area contributed by atoms with E-state index < -0.39 is 11.6 Å². The van der Waals surface area contributed by atoms with E-state index in [1.54, 1.807) is 54.1 Å². The van der Waals surface area contributed by atoms with Crippen molar-refractivity contribution in [1.29, 1.82) is 0 Å². The van der Waals surface area contributed by atoms with Crippen molar-refractivity contribution in [3.63, 3.8) is 0 Å². The van der Waals surface area contributed by atoms with E-state index in [-0.39, 0.29) is 41.1 Å². The molecule has 0 radical (unpaired) electrons. The molecular formula is C32H37F2N7O2. The molecule has 0 bridgehead atoms. The van der Waals surface area contributed by atoms with Crippen molar-refractivity contribution in [2.45, 2.75) is 51.1 Å². The number of anilines is 1. The number of piperidine rings is 1. The number of nitrogens with zero attached hydrogens (tertiary/aromatic N) is 6. The van der Waals surface area contributed by atoms with E-state index in [0.29, 0.717) is 43.1 Å². The number of imidazole rings is 1. The van der Waals surface area contributed by atoms with Gasteiger partial charge in [-0.15, -0.1) is 0 Å². The van der Waals surface area contributed by atoms with Crippen LogP contribution in [-0.2, 0) is 16.0 Å². The maximum absolute atomic E-state index is 15.4. The van der Waals surface area contributed by atoms with E-state index in [9.17, 15) is 4.79 Å². The lowest BCUT2D eigenvalue weighted by Crippen LogP contribution is -2.62. The van der Waals surface area contributed by atoms with Gasteiger partial charge >= 0.3 is 0 Å². The molecule has 0 saturated carbocycles. The Morgan fingerprint density at radius 1 is 1.12 bits per heavy atom. The maximum atomic E-state index is 15.4. The molecule has 6 rings (SSSR count). The topological polar surface area (TPSA) is 102 Å². The lowest BCUT2D eigenvalue weighted by Gasteiger charge is -2.46. The van der Waals surface area contributed by atoms with Gasteiger partial charge < -0.3 is 20.3 Å². The molecule has 2 N–H and O–H groups in total. The highest BCUT2D eigenvalue weighted by Gasteiger charge is 2.36. The molecule has 5 heterocycles. The molecule has 1 amide bonds. The van der Waals surface area contributed by atoms with E-state index in [1.807, 2.05) is 6.07 Å². The van der Waals surface area contributed by atoms with Gasteiger partial charge in [-0.3, -0.25) is 9.78 Å². The minimum absolute atomic E-state index is 0.00145. The lowest BCUT2D eigenvalue weighted by atomic mass is 9.88. The second-order valence-corrected chi connectivity index (χ2v) is 11.8. The fourth-order valence-corrected chi connectivity index (χ4v) is 6.72. The largest absolute Gasteiger partial charge is 0.381 e. The molecule has 4 aromatic rings. The van der Waals surface area contributed by atoms with Gasteiger partial charge in [-0.25, -0.2) is 18.3 Å². The third-order valence-corrected chi connectivity index (χ3v) is 8.94. The van der Waals surface area contributed by atoms with Crippen LogP contribution in [0.3, 0.4) is 0 Å². The van der Waals surface area contributed by atoms with Gasteiger partial charge in [0.1, 0.15) is 17.5 Å². The number of fused-ring (bicyclic) bond motifs is 1. The average molecular weight is 590 g/mol. The molecule has 3 aromatic heterocycles. The number of amides is 1. The Hall–Kier alpha value is -3.96. The van der Waals surface area contributed by atoms with Crippen molar-refractivity contribution < 1.29 is 18.3 Å². The number of carbonyl (C=O) groups excluding carboxylic acids is 1. The molecule has 226 valence electrons. The minimum atomic E-state index is -0.631. The Morgan fingerprint density at radius 3 is 2.56 bits per heavy atom. The SMILES string of the molecule is CC(=O)N(C)[C@@H]1[C@H](N)CN(c2ccncc2Cc2ncc3ccc(-c4c(F)cc(C5CCOCC5)cc4F)nn23)C[C@@H]1C. The third-order valence-electron chi connectivity index (χ3n) is 8.94. The van der Waals surface area contributed by atoms with E-state index >= 15 is 8.78 Å². The first-order chi connectivity index (χ1) is 20.7. The predicted octanol–water partition coefficient (Wildman–Crippen LogP) is 4.18. The zero-order valence-corrected chi connectivity index (χ0v) is 24.7. The smallest absolute Gasteiger partial charge is 0.219 e. The predicted molar refractivity (Wildman–Crippen MR) is 160 cm³/mol. The molecule has 0 spiro atoms. The fraction of sp³-hybridized carbons (Fsp3) is 0.438. The van der Waals surface area contributed by atoms with Crippen molar-refractivity contribution in [3.8, 4) is 11.3 Å². The van der Waals surface area contributed by atoms with E-state index in [4.69, 9.17) is 10.5 Å². The Balaban J connectivity index is 1.28. The summed E-state index contributed by atoms with van der Waals surface area (Å²) in [5.41, 5.74) is 9.92. The van der Waals surface area contributed by atoms with Crippen molar-refractivity contribution in [3.05, 3.63) is 77.5 Å². The Labute approximate surface area is 249 Å². The van der Waals surface area contributed by atoms with Crippen molar-refractivity contribution >= 4 is 17.1 Å². The summed E-state index contributed by atoms with van der Waals surface area (Å²) in [7, 11) is 1.81. The number of nitrogens with two attached hydrogens (primary N) is 1. The number of hydrogen-bond acceptors (Lipinski definition) is 7. The van der Waals surface area contributed by atoms with Crippen LogP contribution in [0.15, 0.2) is 48.9 Å². The number of likely N-dealkylation sites (N-methyl/N-ethyl adjacent to an activating group) is 1. The molecule has 2 saturated heterocycles. The van der Waals surface area contributed by atoms with Crippen LogP contribution in [0.2, 0.25) is 0 Å². The van der Waals surface area contributed by atoms with Crippen LogP contribution in [0.5, 0.6) is 0 Å². The highest BCUT2D eigenvalue weighted by Crippen LogP contribution is 2.33. The highest BCUT2D eigenvalue weighted by molar-refractivity contribution is 5.73. The van der Waals surface area contributed by atoms with Crippen LogP contribution in [0.1, 0.15) is 49.6 Å². The summed E-state index contributed by atoms with van der Waals surface area (Å²) in [5, 5.41) is 4.64. The summed E-state index contributed by atoms with van der Waals surface area (Å²) < 4.78 is 37.8. The second kappa shape index (κ2) is 12.0. The average Bonchev–Trinajstić information content (AvgIpc) is 3.39. The Bertz CT molecular complexity index is 1600. The molecule has 0 aliphatic carbocycles. The van der Waals surface area contributed by atoms with Gasteiger partial charge in [-0.1, -0.05) is 6.92 Å². The van der Waals surface area contributed by atoms with E-state index in [1.165, 1.54) is 12.1 Å². The molecule has 3 atom stereocenters. The monoisotopic (exact) mass is 589 g/mol. The van der Waals surface area contributed by atoms with Gasteiger partial charge in [0.05, 0.1) is 29.0 Å². The number of halogens is 2.